The maximum absolute atomic E-state index is 13.2. The summed E-state index contributed by atoms with van der Waals surface area (Å²) in [5.74, 6) is -0.604. The zero-order chi connectivity index (χ0) is 19.2. The molecule has 0 amide bonds. The van der Waals surface area contributed by atoms with E-state index in [9.17, 15) is 17.6 Å². The van der Waals surface area contributed by atoms with Gasteiger partial charge in [0.15, 0.2) is 5.96 Å². The van der Waals surface area contributed by atoms with Gasteiger partial charge in [-0.15, -0.1) is 24.0 Å². The Morgan fingerprint density at radius 2 is 1.93 bits per heavy atom. The lowest BCUT2D eigenvalue weighted by atomic mass is 9.85. The first-order chi connectivity index (χ1) is 12.3. The van der Waals surface area contributed by atoms with Crippen LogP contribution in [0.15, 0.2) is 29.3 Å². The highest BCUT2D eigenvalue weighted by molar-refractivity contribution is 14.0. The second-order valence-electron chi connectivity index (χ2n) is 6.57. The second-order valence-corrected chi connectivity index (χ2v) is 6.57. The molecule has 154 valence electrons. The minimum atomic E-state index is -4.10. The van der Waals surface area contributed by atoms with Crippen LogP contribution in [0.4, 0.5) is 17.6 Å². The van der Waals surface area contributed by atoms with E-state index in [1.54, 1.807) is 19.2 Å². The summed E-state index contributed by atoms with van der Waals surface area (Å²) in [5, 5.41) is 6.25. The molecule has 0 bridgehead atoms. The fraction of sp³-hybridized carbons (Fsp3) is 0.611. The van der Waals surface area contributed by atoms with Gasteiger partial charge in [-0.3, -0.25) is 4.99 Å². The van der Waals surface area contributed by atoms with Crippen LogP contribution in [0, 0.1) is 11.7 Å². The van der Waals surface area contributed by atoms with Crippen molar-refractivity contribution in [2.24, 2.45) is 10.9 Å². The molecule has 1 fully saturated rings. The number of rotatable bonds is 5. The molecule has 27 heavy (non-hydrogen) atoms. The number of alkyl halides is 3. The van der Waals surface area contributed by atoms with Crippen LogP contribution >= 0.6 is 24.0 Å². The fourth-order valence-corrected chi connectivity index (χ4v) is 3.01. The Morgan fingerprint density at radius 3 is 2.48 bits per heavy atom. The first kappa shape index (κ1) is 23.8. The standard InChI is InChI=1S/C18H25F4N3O.HI/c1-12(26-16-5-3-4-14(19)10-16)11-24-17(23-2)25-15-8-6-13(7-9-15)18(20,21)22;/h3-5,10,12-13,15H,6-9,11H2,1-2H3,(H2,23,24,25);1H. The molecular formula is C18H26F4IN3O. The van der Waals surface area contributed by atoms with Crippen molar-refractivity contribution in [2.75, 3.05) is 13.6 Å². The normalized spacial score (nSPS) is 21.8. The molecule has 0 heterocycles. The van der Waals surface area contributed by atoms with Crippen molar-refractivity contribution in [3.63, 3.8) is 0 Å². The van der Waals surface area contributed by atoms with Gasteiger partial charge in [0.2, 0.25) is 0 Å². The Labute approximate surface area is 174 Å². The van der Waals surface area contributed by atoms with Gasteiger partial charge in [-0.05, 0) is 44.7 Å². The molecule has 0 aliphatic heterocycles. The third kappa shape index (κ3) is 8.10. The number of aliphatic imine (C=N–C) groups is 1. The molecule has 1 unspecified atom stereocenters. The Morgan fingerprint density at radius 1 is 1.26 bits per heavy atom. The Bertz CT molecular complexity index is 605. The van der Waals surface area contributed by atoms with Gasteiger partial charge in [0, 0.05) is 19.2 Å². The predicted molar refractivity (Wildman–Crippen MR) is 108 cm³/mol. The van der Waals surface area contributed by atoms with Crippen LogP contribution in [0.1, 0.15) is 32.6 Å². The number of nitrogens with one attached hydrogen (secondary N) is 2. The van der Waals surface area contributed by atoms with Gasteiger partial charge in [0.1, 0.15) is 17.7 Å². The van der Waals surface area contributed by atoms with E-state index < -0.39 is 12.1 Å². The van der Waals surface area contributed by atoms with Crippen molar-refractivity contribution in [3.05, 3.63) is 30.1 Å². The van der Waals surface area contributed by atoms with Gasteiger partial charge in [-0.1, -0.05) is 6.07 Å². The van der Waals surface area contributed by atoms with Crippen molar-refractivity contribution >= 4 is 29.9 Å². The van der Waals surface area contributed by atoms with Gasteiger partial charge >= 0.3 is 6.18 Å². The highest BCUT2D eigenvalue weighted by Gasteiger charge is 2.41. The molecule has 9 heteroatoms. The maximum atomic E-state index is 13.2. The van der Waals surface area contributed by atoms with Crippen molar-refractivity contribution in [3.8, 4) is 5.75 Å². The molecule has 2 N–H and O–H groups in total. The van der Waals surface area contributed by atoms with E-state index >= 15 is 0 Å². The van der Waals surface area contributed by atoms with Crippen LogP contribution in [0.2, 0.25) is 0 Å². The van der Waals surface area contributed by atoms with Crippen LogP contribution < -0.4 is 15.4 Å². The molecule has 2 rings (SSSR count). The van der Waals surface area contributed by atoms with Crippen LogP contribution in [0.25, 0.3) is 0 Å². The quantitative estimate of drug-likeness (QED) is 0.269. The average Bonchev–Trinajstić information content (AvgIpc) is 2.58. The summed E-state index contributed by atoms with van der Waals surface area (Å²) >= 11 is 0. The number of benzene rings is 1. The van der Waals surface area contributed by atoms with Crippen molar-refractivity contribution < 1.29 is 22.3 Å². The lowest BCUT2D eigenvalue weighted by molar-refractivity contribution is -0.182. The van der Waals surface area contributed by atoms with Crippen LogP contribution in [-0.4, -0.2) is 37.9 Å². The summed E-state index contributed by atoms with van der Waals surface area (Å²) in [6.07, 6.45) is -3.15. The van der Waals surface area contributed by atoms with Gasteiger partial charge in [0.25, 0.3) is 0 Å². The molecule has 0 aromatic heterocycles. The van der Waals surface area contributed by atoms with Crippen LogP contribution in [0.5, 0.6) is 5.75 Å². The molecule has 0 saturated heterocycles. The summed E-state index contributed by atoms with van der Waals surface area (Å²) in [6, 6.07) is 5.87. The number of halogens is 5. The summed E-state index contributed by atoms with van der Waals surface area (Å²) < 4.78 is 56.9. The Hall–Kier alpha value is -1.26. The zero-order valence-corrected chi connectivity index (χ0v) is 17.7. The lowest BCUT2D eigenvalue weighted by Crippen LogP contribution is -2.47. The van der Waals surface area contributed by atoms with Crippen molar-refractivity contribution in [2.45, 2.75) is 50.9 Å². The predicted octanol–water partition coefficient (Wildman–Crippen LogP) is 4.50. The van der Waals surface area contributed by atoms with E-state index in [-0.39, 0.29) is 54.8 Å². The highest BCUT2D eigenvalue weighted by Crippen LogP contribution is 2.37. The summed E-state index contributed by atoms with van der Waals surface area (Å²) in [4.78, 5) is 4.10. The lowest BCUT2D eigenvalue weighted by Gasteiger charge is -2.31. The molecule has 1 atom stereocenters. The highest BCUT2D eigenvalue weighted by atomic mass is 127. The molecule has 4 nitrogen and oxygen atoms in total. The number of hydrogen-bond acceptors (Lipinski definition) is 2. The largest absolute Gasteiger partial charge is 0.489 e. The fourth-order valence-electron chi connectivity index (χ4n) is 3.01. The first-order valence-electron chi connectivity index (χ1n) is 8.74. The van der Waals surface area contributed by atoms with Gasteiger partial charge in [-0.2, -0.15) is 13.2 Å². The first-order valence-corrected chi connectivity index (χ1v) is 8.74. The van der Waals surface area contributed by atoms with E-state index in [0.29, 0.717) is 31.1 Å². The maximum Gasteiger partial charge on any atom is 0.391 e. The molecular weight excluding hydrogens is 477 g/mol. The van der Waals surface area contributed by atoms with Crippen LogP contribution in [0.3, 0.4) is 0 Å². The molecule has 1 aromatic rings. The Kier molecular flexibility index (Phi) is 9.61. The number of hydrogen-bond donors (Lipinski definition) is 2. The summed E-state index contributed by atoms with van der Waals surface area (Å²) in [5.41, 5.74) is 0. The SMILES string of the molecule is CN=C(NCC(C)Oc1cccc(F)c1)NC1CCC(C(F)(F)F)CC1.I. The molecule has 1 aliphatic rings. The third-order valence-corrected chi connectivity index (χ3v) is 4.44. The molecule has 1 saturated carbocycles. The molecule has 1 aliphatic carbocycles. The molecule has 0 spiro atoms. The Balaban J connectivity index is 0.00000364. The van der Waals surface area contributed by atoms with Crippen LogP contribution in [-0.2, 0) is 0 Å². The summed E-state index contributed by atoms with van der Waals surface area (Å²) in [7, 11) is 1.61. The van der Waals surface area contributed by atoms with Gasteiger partial charge < -0.3 is 15.4 Å². The van der Waals surface area contributed by atoms with Crippen molar-refractivity contribution in [1.82, 2.24) is 10.6 Å². The van der Waals surface area contributed by atoms with Gasteiger partial charge in [-0.25, -0.2) is 4.39 Å². The number of guanidine groups is 1. The number of nitrogens with zero attached hydrogens (tertiary/aromatic N) is 1. The van der Waals surface area contributed by atoms with Crippen molar-refractivity contribution in [1.29, 1.82) is 0 Å². The average molecular weight is 503 g/mol. The second kappa shape index (κ2) is 10.9. The smallest absolute Gasteiger partial charge is 0.391 e. The van der Waals surface area contributed by atoms with E-state index in [2.05, 4.69) is 15.6 Å². The van der Waals surface area contributed by atoms with E-state index in [0.717, 1.165) is 0 Å². The minimum absolute atomic E-state index is 0. The minimum Gasteiger partial charge on any atom is -0.489 e. The molecule has 1 aromatic carbocycles. The topological polar surface area (TPSA) is 45.7 Å². The summed E-state index contributed by atoms with van der Waals surface area (Å²) in [6.45, 7) is 2.26. The van der Waals surface area contributed by atoms with E-state index in [4.69, 9.17) is 4.74 Å². The van der Waals surface area contributed by atoms with Gasteiger partial charge in [0.05, 0.1) is 12.5 Å². The molecule has 0 radical (unpaired) electrons. The zero-order valence-electron chi connectivity index (χ0n) is 15.4. The van der Waals surface area contributed by atoms with E-state index in [1.165, 1.54) is 12.1 Å². The third-order valence-electron chi connectivity index (χ3n) is 4.44. The number of ether oxygens (including phenoxy) is 1. The van der Waals surface area contributed by atoms with E-state index in [1.807, 2.05) is 6.92 Å². The monoisotopic (exact) mass is 503 g/mol.